The van der Waals surface area contributed by atoms with Gasteiger partial charge in [0.25, 0.3) is 11.5 Å². The van der Waals surface area contributed by atoms with E-state index < -0.39 is 12.4 Å². The molecule has 0 saturated carbocycles. The van der Waals surface area contributed by atoms with Gasteiger partial charge in [-0.05, 0) is 61.6 Å². The number of carbonyl (C=O) groups is 1. The number of benzene rings is 2. The zero-order valence-corrected chi connectivity index (χ0v) is 27.1. The molecule has 0 bridgehead atoms. The molecule has 4 aromatic rings. The molecule has 12 heteroatoms. The van der Waals surface area contributed by atoms with E-state index in [-0.39, 0.29) is 17.3 Å². The SMILES string of the molecule is Cn1c(Nc2ccccc2)c(-c2cc(F)cc(N3CCn4c(cc5c4CCCC5)C3=O)c2CO)nc(N2CCN(C3COC3)CC2)c1=O. The number of hydrogen-bond acceptors (Lipinski definition) is 8. The number of piperazine rings is 1. The van der Waals surface area contributed by atoms with Crippen LogP contribution in [-0.2, 0) is 37.8 Å². The average Bonchev–Trinajstić information content (AvgIpc) is 3.47. The second-order valence-corrected chi connectivity index (χ2v) is 13.1. The smallest absolute Gasteiger partial charge is 0.294 e. The molecule has 1 aliphatic carbocycles. The molecule has 8 rings (SSSR count). The van der Waals surface area contributed by atoms with Gasteiger partial charge in [-0.1, -0.05) is 18.2 Å². The number of ether oxygens (including phenoxy) is 1. The number of nitrogens with zero attached hydrogens (tertiary/aromatic N) is 6. The molecular weight excluding hydrogens is 613 g/mol. The van der Waals surface area contributed by atoms with Crippen molar-refractivity contribution in [2.45, 2.75) is 44.9 Å². The summed E-state index contributed by atoms with van der Waals surface area (Å²) < 4.78 is 24.8. The molecule has 2 aromatic carbocycles. The number of para-hydroxylation sites is 1. The number of carbonyl (C=O) groups excluding carboxylic acids is 1. The van der Waals surface area contributed by atoms with E-state index in [0.717, 1.165) is 57.7 Å². The molecule has 3 aliphatic heterocycles. The van der Waals surface area contributed by atoms with E-state index in [1.54, 1.807) is 11.9 Å². The first-order chi connectivity index (χ1) is 23.4. The molecule has 2 fully saturated rings. The van der Waals surface area contributed by atoms with Gasteiger partial charge in [-0.15, -0.1) is 0 Å². The number of anilines is 4. The highest BCUT2D eigenvalue weighted by Gasteiger charge is 2.34. The van der Waals surface area contributed by atoms with E-state index in [0.29, 0.717) is 66.2 Å². The highest BCUT2D eigenvalue weighted by Crippen LogP contribution is 2.39. The Hall–Kier alpha value is -4.52. The van der Waals surface area contributed by atoms with Crippen molar-refractivity contribution in [2.75, 3.05) is 61.1 Å². The maximum Gasteiger partial charge on any atom is 0.294 e. The summed E-state index contributed by atoms with van der Waals surface area (Å²) in [5.41, 5.74) is 4.80. The summed E-state index contributed by atoms with van der Waals surface area (Å²) in [5, 5.41) is 14.3. The molecule has 0 spiro atoms. The Morgan fingerprint density at radius 1 is 0.979 bits per heavy atom. The van der Waals surface area contributed by atoms with Gasteiger partial charge in [0.15, 0.2) is 5.82 Å². The van der Waals surface area contributed by atoms with Crippen molar-refractivity contribution >= 4 is 28.9 Å². The van der Waals surface area contributed by atoms with Crippen LogP contribution < -0.4 is 20.7 Å². The highest BCUT2D eigenvalue weighted by molar-refractivity contribution is 6.07. The number of hydrogen-bond donors (Lipinski definition) is 2. The Balaban J connectivity index is 1.23. The third-order valence-corrected chi connectivity index (χ3v) is 10.4. The lowest BCUT2D eigenvalue weighted by Crippen LogP contribution is -2.57. The van der Waals surface area contributed by atoms with Crippen LogP contribution >= 0.6 is 0 Å². The Labute approximate surface area is 278 Å². The Bertz CT molecular complexity index is 1930. The fourth-order valence-corrected chi connectivity index (χ4v) is 7.65. The van der Waals surface area contributed by atoms with Crippen LogP contribution in [0.25, 0.3) is 11.3 Å². The van der Waals surface area contributed by atoms with Crippen molar-refractivity contribution in [3.05, 3.63) is 87.2 Å². The van der Waals surface area contributed by atoms with Gasteiger partial charge in [0.05, 0.1) is 31.5 Å². The number of aryl methyl sites for hydroxylation is 1. The largest absolute Gasteiger partial charge is 0.392 e. The van der Waals surface area contributed by atoms with E-state index in [1.165, 1.54) is 28.0 Å². The van der Waals surface area contributed by atoms with Crippen molar-refractivity contribution in [3.8, 4) is 11.3 Å². The molecule has 2 N–H and O–H groups in total. The number of rotatable bonds is 7. The molecule has 11 nitrogen and oxygen atoms in total. The zero-order chi connectivity index (χ0) is 32.9. The van der Waals surface area contributed by atoms with E-state index >= 15 is 4.39 Å². The lowest BCUT2D eigenvalue weighted by Gasteiger charge is -2.42. The third kappa shape index (κ3) is 5.28. The van der Waals surface area contributed by atoms with Crippen LogP contribution in [0.2, 0.25) is 0 Å². The molecule has 0 atom stereocenters. The van der Waals surface area contributed by atoms with Gasteiger partial charge in [0, 0.05) is 68.8 Å². The molecule has 2 aromatic heterocycles. The highest BCUT2D eigenvalue weighted by atomic mass is 19.1. The lowest BCUT2D eigenvalue weighted by molar-refractivity contribution is -0.0661. The fourth-order valence-electron chi connectivity index (χ4n) is 7.65. The molecular formula is C36H40FN7O4. The summed E-state index contributed by atoms with van der Waals surface area (Å²) in [5.74, 6) is -0.154. The van der Waals surface area contributed by atoms with Crippen molar-refractivity contribution < 1.29 is 19.0 Å². The Morgan fingerprint density at radius 2 is 1.75 bits per heavy atom. The molecule has 250 valence electrons. The zero-order valence-electron chi connectivity index (χ0n) is 27.1. The van der Waals surface area contributed by atoms with Crippen molar-refractivity contribution in [1.29, 1.82) is 0 Å². The molecule has 2 saturated heterocycles. The first kappa shape index (κ1) is 30.8. The normalized spacial score (nSPS) is 18.4. The number of aliphatic hydroxyl groups excluding tert-OH is 1. The van der Waals surface area contributed by atoms with Crippen LogP contribution in [0.1, 0.15) is 40.2 Å². The minimum atomic E-state index is -0.565. The third-order valence-electron chi connectivity index (χ3n) is 10.4. The van der Waals surface area contributed by atoms with E-state index in [4.69, 9.17) is 9.72 Å². The minimum absolute atomic E-state index is 0.214. The van der Waals surface area contributed by atoms with Gasteiger partial charge < -0.3 is 29.5 Å². The van der Waals surface area contributed by atoms with Gasteiger partial charge in [-0.3, -0.25) is 19.1 Å². The van der Waals surface area contributed by atoms with Crippen molar-refractivity contribution in [1.82, 2.24) is 19.0 Å². The van der Waals surface area contributed by atoms with Crippen LogP contribution in [0.15, 0.2) is 53.3 Å². The summed E-state index contributed by atoms with van der Waals surface area (Å²) >= 11 is 0. The van der Waals surface area contributed by atoms with Gasteiger partial charge in [0.1, 0.15) is 23.0 Å². The molecule has 0 unspecified atom stereocenters. The summed E-state index contributed by atoms with van der Waals surface area (Å²) in [6, 6.07) is 14.4. The summed E-state index contributed by atoms with van der Waals surface area (Å²) in [6.45, 7) is 4.69. The number of aromatic nitrogens is 3. The van der Waals surface area contributed by atoms with Crippen LogP contribution in [0.5, 0.6) is 0 Å². The van der Waals surface area contributed by atoms with Crippen LogP contribution in [0.4, 0.5) is 27.4 Å². The maximum atomic E-state index is 15.8. The molecule has 48 heavy (non-hydrogen) atoms. The summed E-state index contributed by atoms with van der Waals surface area (Å²) in [7, 11) is 1.67. The van der Waals surface area contributed by atoms with Gasteiger partial charge in [0.2, 0.25) is 0 Å². The summed E-state index contributed by atoms with van der Waals surface area (Å²) in [6.07, 6.45) is 4.12. The van der Waals surface area contributed by atoms with Crippen LogP contribution in [0.3, 0.4) is 0 Å². The van der Waals surface area contributed by atoms with E-state index in [1.807, 2.05) is 41.3 Å². The number of halogens is 1. The number of amides is 1. The molecule has 5 heterocycles. The number of fused-ring (bicyclic) bond motifs is 3. The van der Waals surface area contributed by atoms with Gasteiger partial charge in [-0.2, -0.15) is 0 Å². The predicted molar refractivity (Wildman–Crippen MR) is 182 cm³/mol. The van der Waals surface area contributed by atoms with E-state index in [9.17, 15) is 14.7 Å². The first-order valence-electron chi connectivity index (χ1n) is 16.9. The predicted octanol–water partition coefficient (Wildman–Crippen LogP) is 3.68. The van der Waals surface area contributed by atoms with Crippen LogP contribution in [0, 0.1) is 5.82 Å². The van der Waals surface area contributed by atoms with E-state index in [2.05, 4.69) is 14.8 Å². The average molecular weight is 654 g/mol. The maximum absolute atomic E-state index is 15.8. The monoisotopic (exact) mass is 653 g/mol. The number of nitrogens with one attached hydrogen (secondary N) is 1. The molecule has 4 aliphatic rings. The van der Waals surface area contributed by atoms with Gasteiger partial charge >= 0.3 is 0 Å². The fraction of sp³-hybridized carbons (Fsp3) is 0.417. The standard InChI is InChI=1S/C36H40FN7O4/c1-40-33(38-25-8-3-2-4-9-25)32(39-34(36(40)47)42-13-11-41(12-14-42)26-21-48-22-26)27-18-24(37)19-30(28(27)20-45)44-16-15-43-29-10-6-5-7-23(29)17-31(43)35(44)46/h2-4,8-9,17-19,26,38,45H,5-7,10-16,20-22H2,1H3. The quantitative estimate of drug-likeness (QED) is 0.311. The lowest BCUT2D eigenvalue weighted by atomic mass is 9.98. The molecule has 0 radical (unpaired) electrons. The topological polar surface area (TPSA) is 108 Å². The van der Waals surface area contributed by atoms with Crippen molar-refractivity contribution in [3.63, 3.8) is 0 Å². The Kier molecular flexibility index (Phi) is 8.02. The summed E-state index contributed by atoms with van der Waals surface area (Å²) in [4.78, 5) is 38.9. The first-order valence-corrected chi connectivity index (χ1v) is 16.9. The second kappa shape index (κ2) is 12.5. The van der Waals surface area contributed by atoms with Gasteiger partial charge in [-0.25, -0.2) is 9.37 Å². The number of aliphatic hydroxyl groups is 1. The van der Waals surface area contributed by atoms with Crippen molar-refractivity contribution in [2.24, 2.45) is 7.05 Å². The van der Waals surface area contributed by atoms with Crippen LogP contribution in [-0.4, -0.2) is 82.0 Å². The Morgan fingerprint density at radius 3 is 2.48 bits per heavy atom. The molecule has 1 amide bonds. The minimum Gasteiger partial charge on any atom is -0.392 e. The second-order valence-electron chi connectivity index (χ2n) is 13.1.